The molecule has 90 valence electrons. The Morgan fingerprint density at radius 1 is 1.28 bits per heavy atom. The minimum atomic E-state index is -0.559. The van der Waals surface area contributed by atoms with Crippen molar-refractivity contribution < 1.29 is 9.84 Å². The van der Waals surface area contributed by atoms with Crippen LogP contribution in [0.2, 0.25) is 0 Å². The second-order valence-corrected chi connectivity index (χ2v) is 3.84. The summed E-state index contributed by atoms with van der Waals surface area (Å²) in [6, 6.07) is 12.2. The van der Waals surface area contributed by atoms with E-state index >= 15 is 0 Å². The van der Waals surface area contributed by atoms with Gasteiger partial charge in [0.05, 0.1) is 17.7 Å². The molecule has 0 unspecified atom stereocenters. The largest absolute Gasteiger partial charge is 0.439 e. The summed E-state index contributed by atoms with van der Waals surface area (Å²) in [4.78, 5) is 4.06. The molecule has 4 heteroatoms. The number of aliphatic hydroxyl groups is 1. The van der Waals surface area contributed by atoms with Gasteiger partial charge >= 0.3 is 0 Å². The van der Waals surface area contributed by atoms with Gasteiger partial charge in [-0.15, -0.1) is 0 Å². The molecule has 0 amide bonds. The van der Waals surface area contributed by atoms with E-state index in [0.29, 0.717) is 17.2 Å². The number of aliphatic hydroxyl groups excluding tert-OH is 1. The highest BCUT2D eigenvalue weighted by molar-refractivity contribution is 5.36. The van der Waals surface area contributed by atoms with Gasteiger partial charge in [0, 0.05) is 12.3 Å². The standard InChI is InChI=1S/C14H12N2O2/c1-10(17)12-6-7-16-14(8-12)18-13-4-2-11(9-15)3-5-13/h2-8,10,17H,1H3/t10-/m1/s1. The number of aromatic nitrogens is 1. The number of nitriles is 1. The van der Waals surface area contributed by atoms with Crippen LogP contribution in [0, 0.1) is 11.3 Å². The van der Waals surface area contributed by atoms with Crippen molar-refractivity contribution in [2.45, 2.75) is 13.0 Å². The number of hydrogen-bond acceptors (Lipinski definition) is 4. The third-order valence-corrected chi connectivity index (χ3v) is 2.45. The summed E-state index contributed by atoms with van der Waals surface area (Å²) >= 11 is 0. The van der Waals surface area contributed by atoms with Crippen LogP contribution >= 0.6 is 0 Å². The van der Waals surface area contributed by atoms with Gasteiger partial charge in [-0.25, -0.2) is 4.98 Å². The van der Waals surface area contributed by atoms with E-state index in [1.165, 1.54) is 0 Å². The predicted molar refractivity (Wildman–Crippen MR) is 66.1 cm³/mol. The van der Waals surface area contributed by atoms with Crippen LogP contribution in [0.1, 0.15) is 24.2 Å². The molecule has 0 radical (unpaired) electrons. The number of ether oxygens (including phenoxy) is 1. The molecular weight excluding hydrogens is 228 g/mol. The Hall–Kier alpha value is -2.38. The van der Waals surface area contributed by atoms with E-state index in [4.69, 9.17) is 10.00 Å². The SMILES string of the molecule is C[C@@H](O)c1ccnc(Oc2ccc(C#N)cc2)c1. The second kappa shape index (κ2) is 5.30. The topological polar surface area (TPSA) is 66.1 Å². The first kappa shape index (κ1) is 12.1. The average molecular weight is 240 g/mol. The minimum absolute atomic E-state index is 0.415. The minimum Gasteiger partial charge on any atom is -0.439 e. The first-order valence-corrected chi connectivity index (χ1v) is 5.51. The molecule has 4 nitrogen and oxygen atoms in total. The van der Waals surface area contributed by atoms with Gasteiger partial charge in [0.15, 0.2) is 0 Å². The van der Waals surface area contributed by atoms with Gasteiger partial charge in [0.2, 0.25) is 5.88 Å². The van der Waals surface area contributed by atoms with Crippen molar-refractivity contribution in [3.63, 3.8) is 0 Å². The van der Waals surface area contributed by atoms with Crippen molar-refractivity contribution in [2.24, 2.45) is 0 Å². The zero-order valence-corrected chi connectivity index (χ0v) is 9.87. The Morgan fingerprint density at radius 2 is 2.00 bits per heavy atom. The van der Waals surface area contributed by atoms with Crippen LogP contribution in [-0.2, 0) is 0 Å². The third-order valence-electron chi connectivity index (χ3n) is 2.45. The lowest BCUT2D eigenvalue weighted by molar-refractivity contribution is 0.198. The number of nitrogens with zero attached hydrogens (tertiary/aromatic N) is 2. The molecule has 2 aromatic rings. The summed E-state index contributed by atoms with van der Waals surface area (Å²) in [7, 11) is 0. The molecule has 2 rings (SSSR count). The van der Waals surface area contributed by atoms with Gasteiger partial charge in [-0.1, -0.05) is 0 Å². The molecule has 1 aromatic heterocycles. The lowest BCUT2D eigenvalue weighted by atomic mass is 10.2. The number of pyridine rings is 1. The highest BCUT2D eigenvalue weighted by atomic mass is 16.5. The Kier molecular flexibility index (Phi) is 3.56. The molecule has 0 fully saturated rings. The fraction of sp³-hybridized carbons (Fsp3) is 0.143. The third kappa shape index (κ3) is 2.84. The summed E-state index contributed by atoms with van der Waals surface area (Å²) < 4.78 is 5.54. The lowest BCUT2D eigenvalue weighted by Crippen LogP contribution is -1.94. The molecule has 0 aliphatic carbocycles. The number of hydrogen-bond donors (Lipinski definition) is 1. The Bertz CT molecular complexity index is 571. The maximum absolute atomic E-state index is 9.46. The lowest BCUT2D eigenvalue weighted by Gasteiger charge is -2.08. The van der Waals surface area contributed by atoms with Crippen molar-refractivity contribution in [1.82, 2.24) is 4.98 Å². The van der Waals surface area contributed by atoms with Gasteiger partial charge in [0.1, 0.15) is 5.75 Å². The normalized spacial score (nSPS) is 11.6. The fourth-order valence-electron chi connectivity index (χ4n) is 1.46. The molecule has 0 aliphatic heterocycles. The van der Waals surface area contributed by atoms with E-state index in [2.05, 4.69) is 4.98 Å². The molecule has 1 atom stereocenters. The van der Waals surface area contributed by atoms with Gasteiger partial charge in [-0.2, -0.15) is 5.26 Å². The summed E-state index contributed by atoms with van der Waals surface area (Å²) in [6.07, 6.45) is 1.03. The maximum Gasteiger partial charge on any atom is 0.219 e. The molecule has 18 heavy (non-hydrogen) atoms. The monoisotopic (exact) mass is 240 g/mol. The van der Waals surface area contributed by atoms with Crippen molar-refractivity contribution in [1.29, 1.82) is 5.26 Å². The number of rotatable bonds is 3. The van der Waals surface area contributed by atoms with E-state index in [9.17, 15) is 5.11 Å². The highest BCUT2D eigenvalue weighted by Crippen LogP contribution is 2.22. The second-order valence-electron chi connectivity index (χ2n) is 3.84. The molecule has 0 saturated heterocycles. The van der Waals surface area contributed by atoms with Crippen molar-refractivity contribution >= 4 is 0 Å². The smallest absolute Gasteiger partial charge is 0.219 e. The van der Waals surface area contributed by atoms with Gasteiger partial charge in [-0.05, 0) is 42.8 Å². The predicted octanol–water partition coefficient (Wildman–Crippen LogP) is 2.80. The molecule has 0 saturated carbocycles. The highest BCUT2D eigenvalue weighted by Gasteiger charge is 2.04. The van der Waals surface area contributed by atoms with Crippen molar-refractivity contribution in [3.05, 3.63) is 53.7 Å². The van der Waals surface area contributed by atoms with Gasteiger partial charge < -0.3 is 9.84 Å². The van der Waals surface area contributed by atoms with Crippen LogP contribution in [0.25, 0.3) is 0 Å². The Labute approximate surface area is 105 Å². The summed E-state index contributed by atoms with van der Waals surface area (Å²) in [5, 5.41) is 18.1. The van der Waals surface area contributed by atoms with Gasteiger partial charge in [0.25, 0.3) is 0 Å². The molecule has 0 aliphatic rings. The van der Waals surface area contributed by atoms with Crippen molar-refractivity contribution in [2.75, 3.05) is 0 Å². The maximum atomic E-state index is 9.46. The summed E-state index contributed by atoms with van der Waals surface area (Å²) in [5.41, 5.74) is 1.32. The molecule has 1 heterocycles. The van der Waals surface area contributed by atoms with Gasteiger partial charge in [-0.3, -0.25) is 0 Å². The number of benzene rings is 1. The molecule has 1 aromatic carbocycles. The van der Waals surface area contributed by atoms with Crippen LogP contribution in [-0.4, -0.2) is 10.1 Å². The van der Waals surface area contributed by atoms with Crippen LogP contribution in [0.5, 0.6) is 11.6 Å². The van der Waals surface area contributed by atoms with E-state index < -0.39 is 6.10 Å². The van der Waals surface area contributed by atoms with E-state index in [-0.39, 0.29) is 0 Å². The quantitative estimate of drug-likeness (QED) is 0.895. The zero-order chi connectivity index (χ0) is 13.0. The first-order valence-electron chi connectivity index (χ1n) is 5.51. The van der Waals surface area contributed by atoms with E-state index in [1.807, 2.05) is 6.07 Å². The van der Waals surface area contributed by atoms with Crippen LogP contribution in [0.3, 0.4) is 0 Å². The van der Waals surface area contributed by atoms with E-state index in [1.54, 1.807) is 49.5 Å². The van der Waals surface area contributed by atoms with Crippen molar-refractivity contribution in [3.8, 4) is 17.7 Å². The Morgan fingerprint density at radius 3 is 2.61 bits per heavy atom. The summed E-state index contributed by atoms with van der Waals surface area (Å²) in [5.74, 6) is 1.02. The fourth-order valence-corrected chi connectivity index (χ4v) is 1.46. The molecular formula is C14H12N2O2. The zero-order valence-electron chi connectivity index (χ0n) is 9.87. The average Bonchev–Trinajstić information content (AvgIpc) is 2.40. The Balaban J connectivity index is 2.18. The summed E-state index contributed by atoms with van der Waals surface area (Å²) in [6.45, 7) is 1.68. The molecule has 1 N–H and O–H groups in total. The molecule has 0 spiro atoms. The van der Waals surface area contributed by atoms with Crippen LogP contribution < -0.4 is 4.74 Å². The van der Waals surface area contributed by atoms with E-state index in [0.717, 1.165) is 5.56 Å². The molecule has 0 bridgehead atoms. The first-order chi connectivity index (χ1) is 8.69. The van der Waals surface area contributed by atoms with Crippen LogP contribution in [0.4, 0.5) is 0 Å². The van der Waals surface area contributed by atoms with Crippen LogP contribution in [0.15, 0.2) is 42.6 Å².